The number of imidazole rings is 1. The van der Waals surface area contributed by atoms with Crippen LogP contribution >= 0.6 is 0 Å². The second kappa shape index (κ2) is 2.69. The van der Waals surface area contributed by atoms with Gasteiger partial charge in [-0.1, -0.05) is 6.07 Å². The molecular weight excluding hydrogens is 204 g/mol. The molecule has 2 aromatic rings. The van der Waals surface area contributed by atoms with Crippen LogP contribution in [-0.2, 0) is 10.0 Å². The monoisotopic (exact) mass is 212 g/mol. The molecule has 6 nitrogen and oxygen atoms in total. The van der Waals surface area contributed by atoms with E-state index in [4.69, 9.17) is 10.9 Å². The lowest BCUT2D eigenvalue weighted by Crippen LogP contribution is -2.13. The zero-order valence-electron chi connectivity index (χ0n) is 7.06. The fourth-order valence-electron chi connectivity index (χ4n) is 1.17. The molecule has 74 valence electrons. The topological polar surface area (TPSA) is 115 Å². The largest absolute Gasteiger partial charge is 0.397 e. The predicted molar refractivity (Wildman–Crippen MR) is 51.9 cm³/mol. The molecule has 0 saturated carbocycles. The Morgan fingerprint density at radius 1 is 1.36 bits per heavy atom. The summed E-state index contributed by atoms with van der Waals surface area (Å²) < 4.78 is 21.9. The number of benzene rings is 1. The number of primary sulfonamides is 1. The first-order valence-electron chi connectivity index (χ1n) is 3.75. The Morgan fingerprint density at radius 2 is 2.07 bits per heavy atom. The molecule has 0 aliphatic rings. The minimum absolute atomic E-state index is 0.273. The highest BCUT2D eigenvalue weighted by atomic mass is 32.2. The second-order valence-corrected chi connectivity index (χ2v) is 4.31. The third kappa shape index (κ3) is 1.32. The fourth-order valence-corrected chi connectivity index (χ4v) is 1.64. The van der Waals surface area contributed by atoms with Crippen molar-refractivity contribution in [1.82, 2.24) is 9.97 Å². The maximum absolute atomic E-state index is 11.0. The van der Waals surface area contributed by atoms with Crippen LogP contribution in [0.1, 0.15) is 0 Å². The number of fused-ring (bicyclic) bond motifs is 1. The van der Waals surface area contributed by atoms with E-state index < -0.39 is 10.0 Å². The van der Waals surface area contributed by atoms with Crippen molar-refractivity contribution in [2.45, 2.75) is 5.16 Å². The van der Waals surface area contributed by atoms with Crippen molar-refractivity contribution < 1.29 is 8.42 Å². The summed E-state index contributed by atoms with van der Waals surface area (Å²) in [5.74, 6) is 0. The molecule has 0 bridgehead atoms. The molecule has 5 N–H and O–H groups in total. The van der Waals surface area contributed by atoms with Gasteiger partial charge >= 0.3 is 0 Å². The van der Waals surface area contributed by atoms with Gasteiger partial charge in [-0.2, -0.15) is 0 Å². The number of sulfonamides is 1. The number of aromatic nitrogens is 2. The lowest BCUT2D eigenvalue weighted by Gasteiger charge is -1.90. The number of rotatable bonds is 1. The fraction of sp³-hybridized carbons (Fsp3) is 0. The van der Waals surface area contributed by atoms with E-state index in [1.165, 1.54) is 0 Å². The summed E-state index contributed by atoms with van der Waals surface area (Å²) in [6, 6.07) is 5.01. The smallest absolute Gasteiger partial charge is 0.271 e. The number of anilines is 1. The van der Waals surface area contributed by atoms with Crippen LogP contribution in [0.3, 0.4) is 0 Å². The molecule has 0 unspecified atom stereocenters. The number of H-pyrrole nitrogens is 1. The number of hydrogen-bond acceptors (Lipinski definition) is 4. The molecule has 0 amide bonds. The van der Waals surface area contributed by atoms with Crippen LogP contribution in [0.2, 0.25) is 0 Å². The highest BCUT2D eigenvalue weighted by Gasteiger charge is 2.14. The second-order valence-electron chi connectivity index (χ2n) is 2.83. The van der Waals surface area contributed by atoms with E-state index in [-0.39, 0.29) is 5.16 Å². The van der Waals surface area contributed by atoms with E-state index >= 15 is 0 Å². The minimum Gasteiger partial charge on any atom is -0.397 e. The molecule has 7 heteroatoms. The van der Waals surface area contributed by atoms with Gasteiger partial charge in [-0.3, -0.25) is 0 Å². The standard InChI is InChI=1S/C7H8N4O2S/c8-4-2-1-3-5-6(4)11-7(10-5)14(9,12)13/h1-3H,8H2,(H,10,11)(H2,9,12,13). The Balaban J connectivity index is 2.81. The Hall–Kier alpha value is -1.60. The molecular formula is C7H8N4O2S. The molecule has 0 aliphatic heterocycles. The van der Waals surface area contributed by atoms with Crippen LogP contribution in [-0.4, -0.2) is 18.4 Å². The summed E-state index contributed by atoms with van der Waals surface area (Å²) in [6.07, 6.45) is 0. The first kappa shape index (κ1) is 8.97. The Bertz CT molecular complexity index is 587. The summed E-state index contributed by atoms with van der Waals surface area (Å²) in [5.41, 5.74) is 6.97. The predicted octanol–water partition coefficient (Wildman–Crippen LogP) is -0.208. The SMILES string of the molecule is Nc1cccc2[nH]c(S(N)(=O)=O)nc12. The highest BCUT2D eigenvalue weighted by Crippen LogP contribution is 2.19. The lowest BCUT2D eigenvalue weighted by molar-refractivity contribution is 0.591. The number of nitrogens with one attached hydrogen (secondary N) is 1. The first-order chi connectivity index (χ1) is 6.48. The van der Waals surface area contributed by atoms with Gasteiger partial charge < -0.3 is 10.7 Å². The van der Waals surface area contributed by atoms with Gasteiger partial charge in [0.1, 0.15) is 5.52 Å². The van der Waals surface area contributed by atoms with E-state index in [0.717, 1.165) is 0 Å². The maximum atomic E-state index is 11.0. The number of aromatic amines is 1. The van der Waals surface area contributed by atoms with Gasteiger partial charge in [0.05, 0.1) is 11.2 Å². The van der Waals surface area contributed by atoms with Crippen LogP contribution in [0.15, 0.2) is 23.4 Å². The number of hydrogen-bond donors (Lipinski definition) is 3. The van der Waals surface area contributed by atoms with Crippen molar-refractivity contribution in [1.29, 1.82) is 0 Å². The molecule has 0 aliphatic carbocycles. The van der Waals surface area contributed by atoms with Gasteiger partial charge in [-0.05, 0) is 12.1 Å². The van der Waals surface area contributed by atoms with Gasteiger partial charge in [-0.15, -0.1) is 0 Å². The van der Waals surface area contributed by atoms with Crippen LogP contribution < -0.4 is 10.9 Å². The van der Waals surface area contributed by atoms with Crippen LogP contribution in [0.5, 0.6) is 0 Å². The Kier molecular flexibility index (Phi) is 1.73. The zero-order chi connectivity index (χ0) is 10.3. The summed E-state index contributed by atoms with van der Waals surface area (Å²) >= 11 is 0. The maximum Gasteiger partial charge on any atom is 0.271 e. The molecule has 14 heavy (non-hydrogen) atoms. The summed E-state index contributed by atoms with van der Waals surface area (Å²) in [5, 5.41) is 4.64. The molecule has 0 radical (unpaired) electrons. The third-order valence-electron chi connectivity index (χ3n) is 1.79. The summed E-state index contributed by atoms with van der Waals surface area (Å²) in [6.45, 7) is 0. The number of nitrogens with zero attached hydrogens (tertiary/aromatic N) is 1. The molecule has 1 aromatic carbocycles. The zero-order valence-corrected chi connectivity index (χ0v) is 7.88. The average molecular weight is 212 g/mol. The van der Waals surface area contributed by atoms with Crippen LogP contribution in [0.4, 0.5) is 5.69 Å². The normalized spacial score (nSPS) is 12.1. The van der Waals surface area contributed by atoms with Gasteiger partial charge in [0.25, 0.3) is 10.0 Å². The molecule has 0 fully saturated rings. The molecule has 0 saturated heterocycles. The van der Waals surface area contributed by atoms with Gasteiger partial charge in [0.15, 0.2) is 0 Å². The number of para-hydroxylation sites is 1. The lowest BCUT2D eigenvalue weighted by atomic mass is 10.3. The number of nitrogen functional groups attached to an aromatic ring is 1. The summed E-state index contributed by atoms with van der Waals surface area (Å²) in [4.78, 5) is 6.36. The molecule has 2 rings (SSSR count). The van der Waals surface area contributed by atoms with E-state index in [9.17, 15) is 8.42 Å². The van der Waals surface area contributed by atoms with Crippen molar-refractivity contribution in [2.24, 2.45) is 5.14 Å². The van der Waals surface area contributed by atoms with Crippen LogP contribution in [0.25, 0.3) is 11.0 Å². The van der Waals surface area contributed by atoms with Gasteiger partial charge in [0.2, 0.25) is 5.16 Å². The molecule has 0 spiro atoms. The van der Waals surface area contributed by atoms with Gasteiger partial charge in [0, 0.05) is 0 Å². The summed E-state index contributed by atoms with van der Waals surface area (Å²) in [7, 11) is -3.80. The molecule has 1 heterocycles. The quantitative estimate of drug-likeness (QED) is 0.567. The Labute approximate surface area is 80.0 Å². The van der Waals surface area contributed by atoms with Crippen molar-refractivity contribution >= 4 is 26.7 Å². The van der Waals surface area contributed by atoms with Crippen molar-refractivity contribution in [3.63, 3.8) is 0 Å². The first-order valence-corrected chi connectivity index (χ1v) is 5.30. The highest BCUT2D eigenvalue weighted by molar-refractivity contribution is 7.89. The third-order valence-corrected chi connectivity index (χ3v) is 2.52. The number of nitrogens with two attached hydrogens (primary N) is 2. The molecule has 0 atom stereocenters. The van der Waals surface area contributed by atoms with E-state index in [0.29, 0.717) is 16.7 Å². The van der Waals surface area contributed by atoms with Crippen molar-refractivity contribution in [3.8, 4) is 0 Å². The Morgan fingerprint density at radius 3 is 2.64 bits per heavy atom. The van der Waals surface area contributed by atoms with Crippen molar-refractivity contribution in [3.05, 3.63) is 18.2 Å². The van der Waals surface area contributed by atoms with Crippen LogP contribution in [0, 0.1) is 0 Å². The van der Waals surface area contributed by atoms with Gasteiger partial charge in [-0.25, -0.2) is 18.5 Å². The van der Waals surface area contributed by atoms with E-state index in [2.05, 4.69) is 9.97 Å². The van der Waals surface area contributed by atoms with E-state index in [1.54, 1.807) is 18.2 Å². The average Bonchev–Trinajstić information content (AvgIpc) is 2.48. The molecule has 1 aromatic heterocycles. The minimum atomic E-state index is -3.80. The van der Waals surface area contributed by atoms with Crippen molar-refractivity contribution in [2.75, 3.05) is 5.73 Å². The van der Waals surface area contributed by atoms with E-state index in [1.807, 2.05) is 0 Å².